The van der Waals surface area contributed by atoms with Gasteiger partial charge in [0.25, 0.3) is 5.69 Å². The lowest BCUT2D eigenvalue weighted by Gasteiger charge is -2.07. The molecular formula is C13H11N5O4. The molecule has 0 spiro atoms. The maximum Gasteiger partial charge on any atom is 0.279 e. The molecule has 0 saturated carbocycles. The summed E-state index contributed by atoms with van der Waals surface area (Å²) < 4.78 is 10.6. The molecule has 0 amide bonds. The second kappa shape index (κ2) is 5.64. The summed E-state index contributed by atoms with van der Waals surface area (Å²) in [5.41, 5.74) is 1.35. The van der Waals surface area contributed by atoms with Crippen LogP contribution >= 0.6 is 0 Å². The number of imidazole rings is 1. The van der Waals surface area contributed by atoms with Crippen molar-refractivity contribution in [3.8, 4) is 11.6 Å². The number of nitro benzene ring substituents is 1. The molecule has 9 heteroatoms. The number of fused-ring (bicyclic) bond motifs is 1. The van der Waals surface area contributed by atoms with Gasteiger partial charge < -0.3 is 14.5 Å². The number of aromatic amines is 1. The third-order valence-corrected chi connectivity index (χ3v) is 3.04. The van der Waals surface area contributed by atoms with Gasteiger partial charge in [0.05, 0.1) is 30.0 Å². The van der Waals surface area contributed by atoms with Gasteiger partial charge in [0.2, 0.25) is 5.88 Å². The Bertz CT molecular complexity index is 832. The van der Waals surface area contributed by atoms with Crippen LogP contribution < -0.4 is 9.47 Å². The predicted octanol–water partition coefficient (Wildman–Crippen LogP) is 1.85. The van der Waals surface area contributed by atoms with Gasteiger partial charge in [0, 0.05) is 0 Å². The van der Waals surface area contributed by atoms with Crippen molar-refractivity contribution in [2.45, 2.75) is 6.61 Å². The fraction of sp³-hybridized carbons (Fsp3) is 0.154. The number of H-pyrrole nitrogens is 1. The second-order valence-corrected chi connectivity index (χ2v) is 4.32. The van der Waals surface area contributed by atoms with Gasteiger partial charge in [0.1, 0.15) is 24.2 Å². The number of aromatic nitrogens is 4. The van der Waals surface area contributed by atoms with Gasteiger partial charge in [-0.3, -0.25) is 10.1 Å². The van der Waals surface area contributed by atoms with E-state index in [9.17, 15) is 10.1 Å². The first-order chi connectivity index (χ1) is 10.7. The number of nitro groups is 1. The molecule has 0 aliphatic heterocycles. The quantitative estimate of drug-likeness (QED) is 0.564. The lowest BCUT2D eigenvalue weighted by atomic mass is 10.2. The van der Waals surface area contributed by atoms with Crippen molar-refractivity contribution in [1.82, 2.24) is 19.9 Å². The van der Waals surface area contributed by atoms with E-state index >= 15 is 0 Å². The zero-order valence-electron chi connectivity index (χ0n) is 11.5. The van der Waals surface area contributed by atoms with Crippen LogP contribution in [0.4, 0.5) is 5.69 Å². The molecule has 0 atom stereocenters. The summed E-state index contributed by atoms with van der Waals surface area (Å²) in [5.74, 6) is 0.695. The standard InChI is InChI=1S/C13H11N5O4/c1-21-9-3-2-8(10(4-9)18(19)20)5-22-13-11-12(15-6-14-11)16-7-17-13/h2-4,6-7H,5H2,1H3,(H,14,15,16,17). The Kier molecular flexibility index (Phi) is 3.52. The molecule has 3 aromatic rings. The summed E-state index contributed by atoms with van der Waals surface area (Å²) in [5, 5.41) is 11.1. The first-order valence-corrected chi connectivity index (χ1v) is 6.27. The van der Waals surface area contributed by atoms with Crippen LogP contribution in [0.25, 0.3) is 11.2 Å². The molecule has 0 fully saturated rings. The minimum atomic E-state index is -0.479. The molecule has 1 aromatic carbocycles. The van der Waals surface area contributed by atoms with Crippen molar-refractivity contribution in [1.29, 1.82) is 0 Å². The number of hydrogen-bond donors (Lipinski definition) is 1. The Morgan fingerprint density at radius 1 is 1.32 bits per heavy atom. The highest BCUT2D eigenvalue weighted by Crippen LogP contribution is 2.26. The third-order valence-electron chi connectivity index (χ3n) is 3.04. The number of methoxy groups -OCH3 is 1. The first kappa shape index (κ1) is 13.7. The smallest absolute Gasteiger partial charge is 0.279 e. The minimum Gasteiger partial charge on any atom is -0.497 e. The zero-order chi connectivity index (χ0) is 15.5. The maximum atomic E-state index is 11.1. The van der Waals surface area contributed by atoms with Crippen molar-refractivity contribution >= 4 is 16.9 Å². The molecule has 1 N–H and O–H groups in total. The van der Waals surface area contributed by atoms with Crippen molar-refractivity contribution in [2.75, 3.05) is 7.11 Å². The highest BCUT2D eigenvalue weighted by Gasteiger charge is 2.16. The van der Waals surface area contributed by atoms with E-state index < -0.39 is 4.92 Å². The lowest BCUT2D eigenvalue weighted by Crippen LogP contribution is -2.02. The van der Waals surface area contributed by atoms with Crippen LogP contribution in [0.15, 0.2) is 30.9 Å². The van der Waals surface area contributed by atoms with Crippen LogP contribution in [0.5, 0.6) is 11.6 Å². The zero-order valence-corrected chi connectivity index (χ0v) is 11.5. The van der Waals surface area contributed by atoms with Gasteiger partial charge in [-0.2, -0.15) is 4.98 Å². The second-order valence-electron chi connectivity index (χ2n) is 4.32. The van der Waals surface area contributed by atoms with E-state index in [-0.39, 0.29) is 18.2 Å². The van der Waals surface area contributed by atoms with Crippen LogP contribution in [0, 0.1) is 10.1 Å². The third kappa shape index (κ3) is 2.51. The fourth-order valence-corrected chi connectivity index (χ4v) is 1.96. The molecule has 0 unspecified atom stereocenters. The SMILES string of the molecule is COc1ccc(COc2ncnc3nc[nH]c23)c([N+](=O)[O-])c1. The Labute approximate surface area is 124 Å². The van der Waals surface area contributed by atoms with Gasteiger partial charge in [-0.1, -0.05) is 0 Å². The van der Waals surface area contributed by atoms with E-state index in [2.05, 4.69) is 19.9 Å². The molecule has 0 radical (unpaired) electrons. The Morgan fingerprint density at radius 2 is 2.18 bits per heavy atom. The Hall–Kier alpha value is -3.23. The molecular weight excluding hydrogens is 290 g/mol. The van der Waals surface area contributed by atoms with Crippen molar-refractivity contribution in [3.63, 3.8) is 0 Å². The molecule has 0 saturated heterocycles. The largest absolute Gasteiger partial charge is 0.497 e. The van der Waals surface area contributed by atoms with Gasteiger partial charge in [0.15, 0.2) is 5.65 Å². The number of benzene rings is 1. The lowest BCUT2D eigenvalue weighted by molar-refractivity contribution is -0.385. The Balaban J connectivity index is 1.87. The average Bonchev–Trinajstić information content (AvgIpc) is 3.01. The maximum absolute atomic E-state index is 11.1. The van der Waals surface area contributed by atoms with Crippen LogP contribution in [-0.4, -0.2) is 32.0 Å². The summed E-state index contributed by atoms with van der Waals surface area (Å²) in [6, 6.07) is 4.57. The van der Waals surface area contributed by atoms with Crippen molar-refractivity contribution in [2.24, 2.45) is 0 Å². The van der Waals surface area contributed by atoms with E-state index in [1.807, 2.05) is 0 Å². The van der Waals surface area contributed by atoms with Gasteiger partial charge in [-0.15, -0.1) is 0 Å². The van der Waals surface area contributed by atoms with Crippen molar-refractivity contribution < 1.29 is 14.4 Å². The molecule has 0 aliphatic carbocycles. The monoisotopic (exact) mass is 301 g/mol. The van der Waals surface area contributed by atoms with Gasteiger partial charge >= 0.3 is 0 Å². The summed E-state index contributed by atoms with van der Waals surface area (Å²) in [4.78, 5) is 25.5. The average molecular weight is 301 g/mol. The van der Waals surface area contributed by atoms with Crippen LogP contribution in [0.3, 0.4) is 0 Å². The predicted molar refractivity (Wildman–Crippen MR) is 75.7 cm³/mol. The van der Waals surface area contributed by atoms with Crippen LogP contribution in [-0.2, 0) is 6.61 Å². The van der Waals surface area contributed by atoms with Crippen LogP contribution in [0.1, 0.15) is 5.56 Å². The number of rotatable bonds is 5. The van der Waals surface area contributed by atoms with E-state index in [0.29, 0.717) is 22.5 Å². The highest BCUT2D eigenvalue weighted by atomic mass is 16.6. The Morgan fingerprint density at radius 3 is 2.95 bits per heavy atom. The van der Waals surface area contributed by atoms with Gasteiger partial charge in [-0.05, 0) is 12.1 Å². The molecule has 9 nitrogen and oxygen atoms in total. The highest BCUT2D eigenvalue weighted by molar-refractivity contribution is 5.74. The normalized spacial score (nSPS) is 10.6. The number of ether oxygens (including phenoxy) is 2. The topological polar surface area (TPSA) is 116 Å². The molecule has 2 heterocycles. The summed E-state index contributed by atoms with van der Waals surface area (Å²) in [7, 11) is 1.45. The molecule has 0 aliphatic rings. The van der Waals surface area contributed by atoms with E-state index in [1.165, 1.54) is 25.8 Å². The first-order valence-electron chi connectivity index (χ1n) is 6.27. The molecule has 3 rings (SSSR count). The van der Waals surface area contributed by atoms with Crippen molar-refractivity contribution in [3.05, 3.63) is 46.5 Å². The molecule has 22 heavy (non-hydrogen) atoms. The molecule has 0 bridgehead atoms. The van der Waals surface area contributed by atoms with E-state index in [4.69, 9.17) is 9.47 Å². The van der Waals surface area contributed by atoms with Crippen LogP contribution in [0.2, 0.25) is 0 Å². The van der Waals surface area contributed by atoms with Gasteiger partial charge in [-0.25, -0.2) is 9.97 Å². The summed E-state index contributed by atoms with van der Waals surface area (Å²) >= 11 is 0. The summed E-state index contributed by atoms with van der Waals surface area (Å²) in [6.07, 6.45) is 2.79. The van der Waals surface area contributed by atoms with E-state index in [1.54, 1.807) is 12.1 Å². The van der Waals surface area contributed by atoms with E-state index in [0.717, 1.165) is 0 Å². The molecule has 2 aromatic heterocycles. The summed E-state index contributed by atoms with van der Waals surface area (Å²) in [6.45, 7) is -0.00849. The number of hydrogen-bond acceptors (Lipinski definition) is 7. The minimum absolute atomic E-state index is 0.00849. The number of nitrogens with zero attached hydrogens (tertiary/aromatic N) is 4. The fourth-order valence-electron chi connectivity index (χ4n) is 1.96. The number of nitrogens with one attached hydrogen (secondary N) is 1. The molecule has 112 valence electrons.